The molecule has 0 atom stereocenters. The summed E-state index contributed by atoms with van der Waals surface area (Å²) in [6.45, 7) is 0. The minimum Gasteiger partial charge on any atom is -0.422 e. The number of rotatable bonds is 4. The highest BCUT2D eigenvalue weighted by Gasteiger charge is 2.11. The van der Waals surface area contributed by atoms with Gasteiger partial charge in [-0.15, -0.1) is 0 Å². The van der Waals surface area contributed by atoms with Crippen LogP contribution >= 0.6 is 23.2 Å². The molecule has 0 saturated heterocycles. The second-order valence-electron chi connectivity index (χ2n) is 7.64. The van der Waals surface area contributed by atoms with Gasteiger partial charge in [-0.1, -0.05) is 83.9 Å². The minimum atomic E-state index is -0.335. The first-order chi connectivity index (χ1) is 15.1. The van der Waals surface area contributed by atoms with Gasteiger partial charge in [0.2, 0.25) is 0 Å². The molecule has 0 spiro atoms. The van der Waals surface area contributed by atoms with Gasteiger partial charge >= 0.3 is 5.63 Å². The first-order valence-corrected chi connectivity index (χ1v) is 10.8. The van der Waals surface area contributed by atoms with Crippen LogP contribution in [0.5, 0.6) is 0 Å². The molecule has 0 aliphatic rings. The van der Waals surface area contributed by atoms with Crippen molar-refractivity contribution in [2.45, 2.75) is 12.8 Å². The molecule has 4 heteroatoms. The number of benzene rings is 4. The molecule has 0 N–H and O–H groups in total. The molecule has 5 rings (SSSR count). The molecule has 0 aliphatic heterocycles. The lowest BCUT2D eigenvalue weighted by molar-refractivity contribution is 0.569. The highest BCUT2D eigenvalue weighted by molar-refractivity contribution is 6.31. The molecule has 2 nitrogen and oxygen atoms in total. The first-order valence-electron chi connectivity index (χ1n) is 10.0. The highest BCUT2D eigenvalue weighted by atomic mass is 35.5. The van der Waals surface area contributed by atoms with Gasteiger partial charge in [-0.05, 0) is 64.7 Å². The van der Waals surface area contributed by atoms with Crippen LogP contribution in [0.15, 0.2) is 94.1 Å². The Hall–Kier alpha value is -3.07. The Balaban J connectivity index is 1.54. The maximum Gasteiger partial charge on any atom is 0.344 e. The van der Waals surface area contributed by atoms with E-state index in [2.05, 4.69) is 6.07 Å². The van der Waals surface area contributed by atoms with Crippen molar-refractivity contribution >= 4 is 44.9 Å². The second kappa shape index (κ2) is 8.22. The average molecular weight is 445 g/mol. The highest BCUT2D eigenvalue weighted by Crippen LogP contribution is 2.28. The van der Waals surface area contributed by atoms with Crippen LogP contribution in [0, 0.1) is 0 Å². The molecule has 1 heterocycles. The van der Waals surface area contributed by atoms with Gasteiger partial charge in [0.05, 0.1) is 5.39 Å². The van der Waals surface area contributed by atoms with Crippen LogP contribution in [0.4, 0.5) is 0 Å². The van der Waals surface area contributed by atoms with Crippen molar-refractivity contribution in [2.75, 3.05) is 0 Å². The van der Waals surface area contributed by atoms with E-state index in [1.54, 1.807) is 0 Å². The van der Waals surface area contributed by atoms with Crippen LogP contribution in [0.3, 0.4) is 0 Å². The molecule has 4 aromatic carbocycles. The molecule has 0 unspecified atom stereocenters. The van der Waals surface area contributed by atoms with Crippen molar-refractivity contribution in [1.29, 1.82) is 0 Å². The lowest BCUT2D eigenvalue weighted by Crippen LogP contribution is -2.02. The fraction of sp³-hybridized carbons (Fsp3) is 0.0741. The molecular weight excluding hydrogens is 427 g/mol. The van der Waals surface area contributed by atoms with Gasteiger partial charge in [0.25, 0.3) is 0 Å². The number of hydrogen-bond acceptors (Lipinski definition) is 2. The smallest absolute Gasteiger partial charge is 0.344 e. The Morgan fingerprint density at radius 2 is 1.16 bits per heavy atom. The summed E-state index contributed by atoms with van der Waals surface area (Å²) in [7, 11) is 0. The van der Waals surface area contributed by atoms with E-state index in [9.17, 15) is 4.79 Å². The number of hydrogen-bond donors (Lipinski definition) is 0. The van der Waals surface area contributed by atoms with Crippen molar-refractivity contribution in [3.8, 4) is 0 Å². The SMILES string of the molecule is O=c1oc2cc(Cc3ccccc3Cl)ccc2c2ccc(Cc3ccccc3Cl)cc12. The maximum absolute atomic E-state index is 12.8. The van der Waals surface area contributed by atoms with E-state index in [0.717, 1.165) is 43.1 Å². The molecule has 152 valence electrons. The van der Waals surface area contributed by atoms with E-state index in [0.29, 0.717) is 23.8 Å². The summed E-state index contributed by atoms with van der Waals surface area (Å²) in [6, 6.07) is 27.5. The van der Waals surface area contributed by atoms with Crippen molar-refractivity contribution in [2.24, 2.45) is 0 Å². The molecule has 0 saturated carbocycles. The van der Waals surface area contributed by atoms with Gasteiger partial charge in [-0.3, -0.25) is 0 Å². The molecule has 5 aromatic rings. The summed E-state index contributed by atoms with van der Waals surface area (Å²) < 4.78 is 5.70. The second-order valence-corrected chi connectivity index (χ2v) is 8.45. The van der Waals surface area contributed by atoms with Gasteiger partial charge in [0.15, 0.2) is 0 Å². The van der Waals surface area contributed by atoms with Crippen molar-refractivity contribution in [3.63, 3.8) is 0 Å². The van der Waals surface area contributed by atoms with Gasteiger partial charge in [-0.2, -0.15) is 0 Å². The van der Waals surface area contributed by atoms with Gasteiger partial charge in [0.1, 0.15) is 5.58 Å². The average Bonchev–Trinajstić information content (AvgIpc) is 2.77. The molecule has 0 radical (unpaired) electrons. The number of halogens is 2. The third-order valence-corrected chi connectivity index (χ3v) is 6.29. The Kier molecular flexibility index (Phi) is 5.27. The van der Waals surface area contributed by atoms with Crippen LogP contribution in [-0.4, -0.2) is 0 Å². The third-order valence-electron chi connectivity index (χ3n) is 5.55. The summed E-state index contributed by atoms with van der Waals surface area (Å²) in [5, 5.41) is 3.84. The minimum absolute atomic E-state index is 0.335. The Bertz CT molecular complexity index is 1480. The summed E-state index contributed by atoms with van der Waals surface area (Å²) in [4.78, 5) is 12.8. The summed E-state index contributed by atoms with van der Waals surface area (Å²) in [5.41, 5.74) is 4.37. The Morgan fingerprint density at radius 1 is 0.613 bits per heavy atom. The van der Waals surface area contributed by atoms with E-state index < -0.39 is 0 Å². The monoisotopic (exact) mass is 444 g/mol. The van der Waals surface area contributed by atoms with E-state index in [1.165, 1.54) is 0 Å². The third kappa shape index (κ3) is 3.97. The summed E-state index contributed by atoms with van der Waals surface area (Å²) >= 11 is 12.6. The molecule has 0 bridgehead atoms. The van der Waals surface area contributed by atoms with E-state index >= 15 is 0 Å². The van der Waals surface area contributed by atoms with Crippen molar-refractivity contribution < 1.29 is 4.42 Å². The molecule has 0 aliphatic carbocycles. The molecule has 0 amide bonds. The summed E-state index contributed by atoms with van der Waals surface area (Å²) in [5.74, 6) is 0. The predicted molar refractivity (Wildman–Crippen MR) is 129 cm³/mol. The zero-order chi connectivity index (χ0) is 21.4. The van der Waals surface area contributed by atoms with Crippen LogP contribution in [0.1, 0.15) is 22.3 Å². The van der Waals surface area contributed by atoms with Crippen LogP contribution in [0.25, 0.3) is 21.7 Å². The Morgan fingerprint density at radius 3 is 1.77 bits per heavy atom. The topological polar surface area (TPSA) is 30.2 Å². The fourth-order valence-electron chi connectivity index (χ4n) is 3.97. The van der Waals surface area contributed by atoms with E-state index in [-0.39, 0.29) is 5.63 Å². The van der Waals surface area contributed by atoms with Gasteiger partial charge in [0, 0.05) is 15.4 Å². The standard InChI is InChI=1S/C27H18Cl2O2/c28-24-7-3-1-5-19(24)13-17-9-11-21-22-12-10-18(14-20-6-2-4-8-25(20)29)16-26(22)31-27(30)23(21)15-17/h1-12,15-16H,13-14H2. The van der Waals surface area contributed by atoms with E-state index in [1.807, 2.05) is 78.9 Å². The van der Waals surface area contributed by atoms with Gasteiger partial charge < -0.3 is 4.42 Å². The lowest BCUT2D eigenvalue weighted by atomic mass is 9.99. The Labute approximate surface area is 189 Å². The zero-order valence-electron chi connectivity index (χ0n) is 16.6. The van der Waals surface area contributed by atoms with E-state index in [4.69, 9.17) is 27.6 Å². The largest absolute Gasteiger partial charge is 0.422 e. The summed E-state index contributed by atoms with van der Waals surface area (Å²) in [6.07, 6.45) is 1.33. The zero-order valence-corrected chi connectivity index (χ0v) is 18.1. The quantitative estimate of drug-likeness (QED) is 0.213. The van der Waals surface area contributed by atoms with Crippen LogP contribution in [-0.2, 0) is 12.8 Å². The molecule has 1 aromatic heterocycles. The van der Waals surface area contributed by atoms with Crippen molar-refractivity contribution in [3.05, 3.63) is 128 Å². The molecular formula is C27H18Cl2O2. The molecule has 0 fully saturated rings. The normalized spacial score (nSPS) is 11.3. The van der Waals surface area contributed by atoms with Crippen molar-refractivity contribution in [1.82, 2.24) is 0 Å². The van der Waals surface area contributed by atoms with Crippen LogP contribution < -0.4 is 5.63 Å². The lowest BCUT2D eigenvalue weighted by Gasteiger charge is -2.09. The first kappa shape index (κ1) is 19.9. The fourth-order valence-corrected chi connectivity index (χ4v) is 4.37. The molecule has 31 heavy (non-hydrogen) atoms. The van der Waals surface area contributed by atoms with Gasteiger partial charge in [-0.25, -0.2) is 4.79 Å². The predicted octanol–water partition coefficient (Wildman–Crippen LogP) is 7.43. The van der Waals surface area contributed by atoms with Crippen LogP contribution in [0.2, 0.25) is 10.0 Å². The number of fused-ring (bicyclic) bond motifs is 3. The maximum atomic E-state index is 12.8.